The Morgan fingerprint density at radius 3 is 1.51 bits per heavy atom. The van der Waals surface area contributed by atoms with E-state index in [0.717, 1.165) is 76.5 Å². The minimum atomic E-state index is 0. The Bertz CT molecular complexity index is 1570. The first-order valence-corrected chi connectivity index (χ1v) is 30.7. The van der Waals surface area contributed by atoms with Crippen molar-refractivity contribution in [3.05, 3.63) is 0 Å². The molecule has 0 aromatic rings. The van der Waals surface area contributed by atoms with Crippen LogP contribution in [0.5, 0.6) is 0 Å². The number of nitrogens with zero attached hydrogens (tertiary/aromatic N) is 9. The number of fused-ring (bicyclic) bond motifs is 4. The van der Waals surface area contributed by atoms with Crippen LogP contribution < -0.4 is 0 Å². The van der Waals surface area contributed by atoms with Crippen molar-refractivity contribution in [2.24, 2.45) is 27.1 Å². The summed E-state index contributed by atoms with van der Waals surface area (Å²) >= 11 is 0. The molecule has 442 valence electrons. The van der Waals surface area contributed by atoms with E-state index in [2.05, 4.69) is 165 Å². The monoisotopic (exact) mass is 1060 g/mol. The van der Waals surface area contributed by atoms with E-state index >= 15 is 0 Å². The van der Waals surface area contributed by atoms with E-state index in [4.69, 9.17) is 10.00 Å². The zero-order chi connectivity index (χ0) is 55.5. The summed E-state index contributed by atoms with van der Waals surface area (Å²) in [6.07, 6.45) is 18.0. The molecule has 0 aliphatic carbocycles. The Balaban J connectivity index is 0.000000320. The summed E-state index contributed by atoms with van der Waals surface area (Å²) in [7, 11) is 4.17. The molecule has 0 radical (unpaired) electrons. The molecule has 7 rings (SSSR count). The van der Waals surface area contributed by atoms with Crippen molar-refractivity contribution in [2.75, 3.05) is 125 Å². The third-order valence-corrected chi connectivity index (χ3v) is 16.8. The van der Waals surface area contributed by atoms with Crippen LogP contribution in [0.4, 0.5) is 0 Å². The molecule has 0 saturated carbocycles. The van der Waals surface area contributed by atoms with Crippen LogP contribution in [0, 0.1) is 38.4 Å². The average Bonchev–Trinajstić information content (AvgIpc) is 4.08. The van der Waals surface area contributed by atoms with Gasteiger partial charge in [-0.1, -0.05) is 111 Å². The van der Waals surface area contributed by atoms with Gasteiger partial charge in [-0.25, -0.2) is 0 Å². The maximum Gasteiger partial charge on any atom is 0.223 e. The molecule has 0 aromatic carbocycles. The van der Waals surface area contributed by atoms with E-state index in [1.807, 2.05) is 11.9 Å². The summed E-state index contributed by atoms with van der Waals surface area (Å²) < 4.78 is 5.59. The second kappa shape index (κ2) is 32.8. The van der Waals surface area contributed by atoms with Crippen LogP contribution >= 0.6 is 0 Å². The smallest absolute Gasteiger partial charge is 0.223 e. The third kappa shape index (κ3) is 30.2. The summed E-state index contributed by atoms with van der Waals surface area (Å²) in [6, 6.07) is 5.81. The highest BCUT2D eigenvalue weighted by Gasteiger charge is 2.41. The van der Waals surface area contributed by atoms with Crippen molar-refractivity contribution >= 4 is 5.91 Å². The van der Waals surface area contributed by atoms with Gasteiger partial charge < -0.3 is 24.3 Å². The van der Waals surface area contributed by atoms with Crippen molar-refractivity contribution in [2.45, 2.75) is 251 Å². The zero-order valence-electron chi connectivity index (χ0n) is 52.7. The lowest BCUT2D eigenvalue weighted by Crippen LogP contribution is -2.48. The van der Waals surface area contributed by atoms with Crippen molar-refractivity contribution in [1.29, 1.82) is 5.26 Å². The number of piperidine rings is 1. The van der Waals surface area contributed by atoms with Gasteiger partial charge in [-0.2, -0.15) is 5.26 Å². The first kappa shape index (κ1) is 69.7. The van der Waals surface area contributed by atoms with Crippen LogP contribution in [0.3, 0.4) is 0 Å². The quantitative estimate of drug-likeness (QED) is 0.168. The highest BCUT2D eigenvalue weighted by atomic mass is 16.5. The number of likely N-dealkylation sites (N-methyl/N-ethyl adjacent to an activating group) is 2. The van der Waals surface area contributed by atoms with E-state index in [-0.39, 0.29) is 19.4 Å². The van der Waals surface area contributed by atoms with Crippen LogP contribution in [0.25, 0.3) is 0 Å². The van der Waals surface area contributed by atoms with Gasteiger partial charge in [-0.05, 0) is 171 Å². The number of ether oxygens (including phenoxy) is 1. The molecule has 0 aromatic heterocycles. The van der Waals surface area contributed by atoms with Gasteiger partial charge in [0.25, 0.3) is 0 Å². The van der Waals surface area contributed by atoms with Crippen LogP contribution in [-0.4, -0.2) is 207 Å². The largest absolute Gasteiger partial charge is 0.375 e. The van der Waals surface area contributed by atoms with Crippen LogP contribution in [0.1, 0.15) is 215 Å². The minimum absolute atomic E-state index is 0. The van der Waals surface area contributed by atoms with E-state index < -0.39 is 0 Å². The van der Waals surface area contributed by atoms with Crippen molar-refractivity contribution in [3.63, 3.8) is 0 Å². The van der Waals surface area contributed by atoms with Crippen LogP contribution in [0.2, 0.25) is 0 Å². The Morgan fingerprint density at radius 1 is 0.547 bits per heavy atom. The van der Waals surface area contributed by atoms with Gasteiger partial charge in [0.2, 0.25) is 5.91 Å². The number of hydrogen-bond acceptors (Lipinski definition) is 10. The van der Waals surface area contributed by atoms with Gasteiger partial charge in [0.1, 0.15) is 0 Å². The molecule has 75 heavy (non-hydrogen) atoms. The Kier molecular flexibility index (Phi) is 30.5. The molecule has 0 spiro atoms. The SMILES string of the molecule is C.CC(C)(C)CCCN1CC2C[C@@H]1CO2.CC(C)(C)CCN1CCCC[C@@H]1C#N.CC(C)N1CCN(CCCC(C)(C)C)CC1.CN1CC2C[C@H]1CN2CCCC(C)(C)C.CN1CCN(CCC(C)(C)C)CCC1=O. The third-order valence-electron chi connectivity index (χ3n) is 16.8. The molecule has 5 atom stereocenters. The summed E-state index contributed by atoms with van der Waals surface area (Å²) in [5.74, 6) is 0.285. The van der Waals surface area contributed by atoms with Crippen molar-refractivity contribution in [3.8, 4) is 6.07 Å². The maximum atomic E-state index is 11.5. The fourth-order valence-corrected chi connectivity index (χ4v) is 11.5. The number of carbonyl (C=O) groups is 1. The van der Waals surface area contributed by atoms with Gasteiger partial charge >= 0.3 is 0 Å². The van der Waals surface area contributed by atoms with E-state index in [9.17, 15) is 4.79 Å². The molecular weight excluding hydrogens is 927 g/mol. The maximum absolute atomic E-state index is 11.5. The average molecular weight is 1060 g/mol. The molecule has 2 unspecified atom stereocenters. The topological polar surface area (TPSA) is 76.0 Å². The van der Waals surface area contributed by atoms with Gasteiger partial charge in [0.05, 0.1) is 24.8 Å². The minimum Gasteiger partial charge on any atom is -0.375 e. The molecule has 11 nitrogen and oxygen atoms in total. The van der Waals surface area contributed by atoms with Crippen molar-refractivity contribution < 1.29 is 9.53 Å². The molecular formula is C64H129N9O2. The predicted octanol–water partition coefficient (Wildman–Crippen LogP) is 12.3. The second-order valence-corrected chi connectivity index (χ2v) is 30.5. The molecule has 7 aliphatic heterocycles. The van der Waals surface area contributed by atoms with Gasteiger partial charge in [0, 0.05) is 103 Å². The number of likely N-dealkylation sites (tertiary alicyclic amines) is 4. The lowest BCUT2D eigenvalue weighted by Gasteiger charge is -2.37. The molecule has 7 saturated heterocycles. The second-order valence-electron chi connectivity index (χ2n) is 30.5. The lowest BCUT2D eigenvalue weighted by atomic mass is 9.90. The number of piperazine rings is 2. The number of rotatable bonds is 14. The van der Waals surface area contributed by atoms with E-state index in [1.54, 1.807) is 0 Å². The van der Waals surface area contributed by atoms with Crippen LogP contribution in [-0.2, 0) is 9.53 Å². The fraction of sp³-hybridized carbons (Fsp3) is 0.969. The number of amides is 1. The first-order chi connectivity index (χ1) is 34.3. The predicted molar refractivity (Wildman–Crippen MR) is 324 cm³/mol. The van der Waals surface area contributed by atoms with Crippen molar-refractivity contribution in [1.82, 2.24) is 39.2 Å². The first-order valence-electron chi connectivity index (χ1n) is 30.7. The van der Waals surface area contributed by atoms with Crippen LogP contribution in [0.15, 0.2) is 0 Å². The molecule has 7 fully saturated rings. The molecule has 0 N–H and O–H groups in total. The Hall–Kier alpha value is -1.36. The number of hydrogen-bond donors (Lipinski definition) is 0. The molecule has 7 aliphatic rings. The number of carbonyl (C=O) groups excluding carboxylic acids is 1. The van der Waals surface area contributed by atoms with E-state index in [1.165, 1.54) is 142 Å². The number of morpholine rings is 1. The van der Waals surface area contributed by atoms with Gasteiger partial charge in [0.15, 0.2) is 0 Å². The van der Waals surface area contributed by atoms with E-state index in [0.29, 0.717) is 39.6 Å². The molecule has 1 amide bonds. The fourth-order valence-electron chi connectivity index (χ4n) is 11.5. The normalized spacial score (nSPS) is 25.8. The Labute approximate surface area is 467 Å². The summed E-state index contributed by atoms with van der Waals surface area (Å²) in [4.78, 5) is 31.2. The van der Waals surface area contributed by atoms with Gasteiger partial charge in [-0.15, -0.1) is 0 Å². The lowest BCUT2D eigenvalue weighted by molar-refractivity contribution is -0.129. The number of nitriles is 1. The molecule has 7 heterocycles. The summed E-state index contributed by atoms with van der Waals surface area (Å²) in [5.41, 5.74) is 2.28. The summed E-state index contributed by atoms with van der Waals surface area (Å²) in [6.45, 7) is 59.1. The summed E-state index contributed by atoms with van der Waals surface area (Å²) in [5, 5.41) is 9.00. The standard InChI is InChI=1S/C14H30N2.C13H26N2.C12H24N2O.C12H22N2.C12H23NO.CH4/c1-13(2)16-11-9-15(10-12-16)8-6-7-14(3,4)5;1-13(2,3)6-5-7-15-10-11-8-12(15)9-14(11)4;1-12(2,3)6-8-14-7-5-11(15)13(4)9-10-14;1-12(2,3)7-9-14-8-5-4-6-11(14)10-13;1-12(2,3)5-4-6-13-8-11-7-10(13)9-14-11;/h13H,6-12H2,1-5H3;11-12H,5-10H2,1-4H3;5-10H2,1-4H3;11H,4-9H2,1-3H3;10-11H,4-9H2,1-3H3;1H4/t;11-,12?;;11-;10-,11?;/m.0.11./s1. The molecule has 11 heteroatoms. The molecule has 4 bridgehead atoms. The zero-order valence-corrected chi connectivity index (χ0v) is 52.7. The highest BCUT2D eigenvalue weighted by Crippen LogP contribution is 2.32. The highest BCUT2D eigenvalue weighted by molar-refractivity contribution is 5.76. The van der Waals surface area contributed by atoms with Gasteiger partial charge in [-0.3, -0.25) is 24.4 Å². The Morgan fingerprint density at radius 2 is 1.05 bits per heavy atom.